The van der Waals surface area contributed by atoms with Crippen LogP contribution in [0.2, 0.25) is 0 Å². The van der Waals surface area contributed by atoms with Crippen molar-refractivity contribution in [2.75, 3.05) is 20.6 Å². The van der Waals surface area contributed by atoms with Gasteiger partial charge in [-0.15, -0.1) is 0 Å². The fraction of sp³-hybridized carbons (Fsp3) is 0.409. The summed E-state index contributed by atoms with van der Waals surface area (Å²) in [6.45, 7) is 5.18. The Hall–Kier alpha value is -2.53. The molecule has 0 amide bonds. The third-order valence-electron chi connectivity index (χ3n) is 5.71. The van der Waals surface area contributed by atoms with Crippen molar-refractivity contribution in [2.45, 2.75) is 33.1 Å². The van der Waals surface area contributed by atoms with E-state index >= 15 is 0 Å². The van der Waals surface area contributed by atoms with Crippen LogP contribution in [0.25, 0.3) is 27.6 Å². The molecule has 0 atom stereocenters. The molecule has 3 aromatic rings. The Bertz CT molecular complexity index is 1060. The SMILES string of the molecule is CCCN(C1=C(O)c2ccc3c4cncc(C)c4n(C)c3c2CC1)N(C)C. The maximum absolute atomic E-state index is 11.1. The number of allylic oxidation sites excluding steroid dienone is 1. The van der Waals surface area contributed by atoms with Crippen LogP contribution in [-0.4, -0.2) is 45.3 Å². The molecule has 2 aromatic heterocycles. The van der Waals surface area contributed by atoms with Gasteiger partial charge in [0.2, 0.25) is 0 Å². The molecule has 1 aromatic carbocycles. The number of aromatic nitrogens is 2. The van der Waals surface area contributed by atoms with Crippen LogP contribution in [0.5, 0.6) is 0 Å². The number of aliphatic hydroxyl groups excluding tert-OH is 1. The van der Waals surface area contributed by atoms with Crippen LogP contribution in [0.15, 0.2) is 30.2 Å². The number of hydrogen-bond donors (Lipinski definition) is 1. The highest BCUT2D eigenvalue weighted by Gasteiger charge is 2.27. The van der Waals surface area contributed by atoms with Gasteiger partial charge in [0.1, 0.15) is 5.76 Å². The van der Waals surface area contributed by atoms with Crippen LogP contribution < -0.4 is 0 Å². The Kier molecular flexibility index (Phi) is 4.35. The number of aliphatic hydroxyl groups is 1. The number of pyridine rings is 1. The van der Waals surface area contributed by atoms with Gasteiger partial charge in [0.15, 0.2) is 0 Å². The number of nitrogens with zero attached hydrogens (tertiary/aromatic N) is 4. The summed E-state index contributed by atoms with van der Waals surface area (Å²) in [6, 6.07) is 4.21. The Balaban J connectivity index is 1.97. The van der Waals surface area contributed by atoms with Crippen molar-refractivity contribution in [3.63, 3.8) is 0 Å². The zero-order valence-corrected chi connectivity index (χ0v) is 16.9. The van der Waals surface area contributed by atoms with Crippen LogP contribution in [-0.2, 0) is 13.5 Å². The summed E-state index contributed by atoms with van der Waals surface area (Å²) in [5.74, 6) is 0.417. The van der Waals surface area contributed by atoms with Gasteiger partial charge in [0.05, 0.1) is 16.7 Å². The molecule has 2 heterocycles. The molecule has 5 nitrogen and oxygen atoms in total. The number of benzene rings is 1. The van der Waals surface area contributed by atoms with E-state index in [1.54, 1.807) is 0 Å². The van der Waals surface area contributed by atoms with Gasteiger partial charge >= 0.3 is 0 Å². The molecule has 1 N–H and O–H groups in total. The lowest BCUT2D eigenvalue weighted by Gasteiger charge is -2.35. The van der Waals surface area contributed by atoms with Crippen molar-refractivity contribution in [1.82, 2.24) is 19.6 Å². The minimum absolute atomic E-state index is 0.417. The Morgan fingerprint density at radius 3 is 2.59 bits per heavy atom. The molecule has 1 aliphatic rings. The zero-order valence-electron chi connectivity index (χ0n) is 16.9. The van der Waals surface area contributed by atoms with Crippen LogP contribution in [0.4, 0.5) is 0 Å². The topological polar surface area (TPSA) is 44.5 Å². The normalized spacial score (nSPS) is 14.4. The Labute approximate surface area is 160 Å². The third-order valence-corrected chi connectivity index (χ3v) is 5.71. The minimum Gasteiger partial charge on any atom is -0.505 e. The molecule has 0 saturated heterocycles. The number of rotatable bonds is 4. The fourth-order valence-electron chi connectivity index (χ4n) is 4.58. The summed E-state index contributed by atoms with van der Waals surface area (Å²) < 4.78 is 2.27. The first-order valence-corrected chi connectivity index (χ1v) is 9.67. The first kappa shape index (κ1) is 17.9. The third kappa shape index (κ3) is 2.60. The van der Waals surface area contributed by atoms with E-state index in [1.165, 1.54) is 32.9 Å². The lowest BCUT2D eigenvalue weighted by molar-refractivity contribution is 0.0592. The molecule has 5 heteroatoms. The largest absolute Gasteiger partial charge is 0.505 e. The van der Waals surface area contributed by atoms with Gasteiger partial charge in [-0.05, 0) is 37.3 Å². The van der Waals surface area contributed by atoms with Crippen molar-refractivity contribution in [3.05, 3.63) is 46.9 Å². The van der Waals surface area contributed by atoms with Crippen molar-refractivity contribution < 1.29 is 5.11 Å². The molecule has 0 spiro atoms. The molecule has 0 aliphatic heterocycles. The Morgan fingerprint density at radius 2 is 1.89 bits per heavy atom. The summed E-state index contributed by atoms with van der Waals surface area (Å²) in [5.41, 5.74) is 6.84. The zero-order chi connectivity index (χ0) is 19.3. The highest BCUT2D eigenvalue weighted by Crippen LogP contribution is 2.39. The van der Waals surface area contributed by atoms with E-state index in [2.05, 4.69) is 52.6 Å². The van der Waals surface area contributed by atoms with E-state index < -0.39 is 0 Å². The molecule has 1 aliphatic carbocycles. The van der Waals surface area contributed by atoms with E-state index in [0.29, 0.717) is 5.76 Å². The van der Waals surface area contributed by atoms with Crippen molar-refractivity contribution in [1.29, 1.82) is 0 Å². The van der Waals surface area contributed by atoms with E-state index in [1.807, 2.05) is 26.5 Å². The summed E-state index contributed by atoms with van der Waals surface area (Å²) in [5, 5.41) is 17.8. The molecule has 27 heavy (non-hydrogen) atoms. The quantitative estimate of drug-likeness (QED) is 0.697. The average Bonchev–Trinajstić information content (AvgIpc) is 2.94. The first-order chi connectivity index (χ1) is 13.0. The number of hydrazine groups is 1. The first-order valence-electron chi connectivity index (χ1n) is 9.67. The van der Waals surface area contributed by atoms with Crippen LogP contribution in [0.3, 0.4) is 0 Å². The van der Waals surface area contributed by atoms with Gasteiger partial charge in [0, 0.05) is 56.4 Å². The van der Waals surface area contributed by atoms with Crippen LogP contribution in [0.1, 0.15) is 36.5 Å². The van der Waals surface area contributed by atoms with Crippen molar-refractivity contribution in [3.8, 4) is 0 Å². The summed E-state index contributed by atoms with van der Waals surface area (Å²) in [4.78, 5) is 4.39. The smallest absolute Gasteiger partial charge is 0.143 e. The van der Waals surface area contributed by atoms with E-state index in [9.17, 15) is 5.11 Å². The molecule has 4 rings (SSSR count). The lowest BCUT2D eigenvalue weighted by Crippen LogP contribution is -2.38. The lowest BCUT2D eigenvalue weighted by atomic mass is 9.91. The molecular weight excluding hydrogens is 336 g/mol. The van der Waals surface area contributed by atoms with E-state index in [-0.39, 0.29) is 0 Å². The summed E-state index contributed by atoms with van der Waals surface area (Å²) >= 11 is 0. The predicted molar refractivity (Wildman–Crippen MR) is 112 cm³/mol. The number of fused-ring (bicyclic) bond motifs is 5. The summed E-state index contributed by atoms with van der Waals surface area (Å²) in [7, 11) is 6.19. The van der Waals surface area contributed by atoms with Crippen molar-refractivity contribution >= 4 is 27.6 Å². The molecule has 0 fully saturated rings. The van der Waals surface area contributed by atoms with Gasteiger partial charge in [-0.2, -0.15) is 0 Å². The standard InChI is InChI=1S/C22H28N4O/c1-6-11-26(24(3)4)19-10-9-15-17(22(19)27)8-7-16-18-13-23-12-14(2)20(18)25(5)21(15)16/h7-8,12-13,27H,6,9-11H2,1-5H3. The second-order valence-corrected chi connectivity index (χ2v) is 7.67. The van der Waals surface area contributed by atoms with Crippen LogP contribution >= 0.6 is 0 Å². The second-order valence-electron chi connectivity index (χ2n) is 7.67. The molecule has 0 bridgehead atoms. The van der Waals surface area contributed by atoms with Gasteiger partial charge in [-0.25, -0.2) is 5.01 Å². The average molecular weight is 364 g/mol. The highest BCUT2D eigenvalue weighted by molar-refractivity contribution is 6.10. The molecule has 0 radical (unpaired) electrons. The Morgan fingerprint density at radius 1 is 1.11 bits per heavy atom. The summed E-state index contributed by atoms with van der Waals surface area (Å²) in [6.07, 6.45) is 6.68. The minimum atomic E-state index is 0.417. The molecule has 142 valence electrons. The van der Waals surface area contributed by atoms with Crippen molar-refractivity contribution in [2.24, 2.45) is 7.05 Å². The number of hydrogen-bond acceptors (Lipinski definition) is 4. The van der Waals surface area contributed by atoms with Gasteiger partial charge < -0.3 is 14.7 Å². The molecule has 0 saturated carbocycles. The fourth-order valence-corrected chi connectivity index (χ4v) is 4.58. The van der Waals surface area contributed by atoms with E-state index in [0.717, 1.165) is 37.1 Å². The van der Waals surface area contributed by atoms with Gasteiger partial charge in [0.25, 0.3) is 0 Å². The second kappa shape index (κ2) is 6.57. The van der Waals surface area contributed by atoms with Crippen LogP contribution in [0, 0.1) is 6.92 Å². The highest BCUT2D eigenvalue weighted by atomic mass is 16.3. The van der Waals surface area contributed by atoms with Gasteiger partial charge in [-0.3, -0.25) is 4.98 Å². The van der Waals surface area contributed by atoms with Gasteiger partial charge in [-0.1, -0.05) is 19.1 Å². The predicted octanol–water partition coefficient (Wildman–Crippen LogP) is 4.40. The monoisotopic (exact) mass is 364 g/mol. The molecule has 0 unspecified atom stereocenters. The maximum atomic E-state index is 11.1. The number of aryl methyl sites for hydroxylation is 3. The molecular formula is C22H28N4O. The maximum Gasteiger partial charge on any atom is 0.143 e. The van der Waals surface area contributed by atoms with E-state index in [4.69, 9.17) is 0 Å².